The van der Waals surface area contributed by atoms with Gasteiger partial charge < -0.3 is 11.1 Å². The van der Waals surface area contributed by atoms with Crippen molar-refractivity contribution in [1.82, 2.24) is 5.32 Å². The van der Waals surface area contributed by atoms with E-state index in [1.807, 2.05) is 49.4 Å². The van der Waals surface area contributed by atoms with Crippen LogP contribution in [-0.2, 0) is 11.2 Å². The van der Waals surface area contributed by atoms with E-state index in [1.54, 1.807) is 0 Å². The Hall–Kier alpha value is -2.00. The SMILES string of the molecule is CC(C(=O)NC1CCCc2cc(N)ccc21)c1cccc(Cl)c1. The molecule has 0 saturated heterocycles. The zero-order valence-corrected chi connectivity index (χ0v) is 13.9. The molecular weight excluding hydrogens is 308 g/mol. The Bertz CT molecular complexity index is 729. The molecule has 2 aromatic carbocycles. The van der Waals surface area contributed by atoms with Gasteiger partial charge in [-0.1, -0.05) is 29.8 Å². The Morgan fingerprint density at radius 2 is 2.13 bits per heavy atom. The van der Waals surface area contributed by atoms with Crippen molar-refractivity contribution in [3.8, 4) is 0 Å². The van der Waals surface area contributed by atoms with E-state index in [1.165, 1.54) is 11.1 Å². The molecule has 2 unspecified atom stereocenters. The van der Waals surface area contributed by atoms with Gasteiger partial charge in [0.15, 0.2) is 0 Å². The van der Waals surface area contributed by atoms with Crippen molar-refractivity contribution in [2.45, 2.75) is 38.1 Å². The Morgan fingerprint density at radius 1 is 1.30 bits per heavy atom. The summed E-state index contributed by atoms with van der Waals surface area (Å²) < 4.78 is 0. The molecule has 0 heterocycles. The second-order valence-corrected chi connectivity index (χ2v) is 6.62. The second-order valence-electron chi connectivity index (χ2n) is 6.19. The number of benzene rings is 2. The third-order valence-corrected chi connectivity index (χ3v) is 4.77. The lowest BCUT2D eigenvalue weighted by Gasteiger charge is -2.28. The number of carbonyl (C=O) groups excluding carboxylic acids is 1. The Kier molecular flexibility index (Phi) is 4.58. The normalized spacial score (nSPS) is 18.1. The molecule has 2 atom stereocenters. The molecule has 0 radical (unpaired) electrons. The zero-order chi connectivity index (χ0) is 16.4. The highest BCUT2D eigenvalue weighted by atomic mass is 35.5. The molecule has 0 spiro atoms. The van der Waals surface area contributed by atoms with Crippen LogP contribution in [0.15, 0.2) is 42.5 Å². The van der Waals surface area contributed by atoms with Gasteiger partial charge in [0, 0.05) is 10.7 Å². The fourth-order valence-corrected chi connectivity index (χ4v) is 3.41. The molecule has 1 aliphatic rings. The van der Waals surface area contributed by atoms with Gasteiger partial charge in [-0.05, 0) is 67.1 Å². The number of hydrogen-bond donors (Lipinski definition) is 2. The molecular formula is C19H21ClN2O. The largest absolute Gasteiger partial charge is 0.399 e. The first kappa shape index (κ1) is 15.9. The van der Waals surface area contributed by atoms with E-state index in [-0.39, 0.29) is 17.9 Å². The molecule has 0 aromatic heterocycles. The van der Waals surface area contributed by atoms with Crippen molar-refractivity contribution >= 4 is 23.2 Å². The molecule has 2 aromatic rings. The third kappa shape index (κ3) is 3.50. The number of aryl methyl sites for hydroxylation is 1. The molecule has 0 aliphatic heterocycles. The van der Waals surface area contributed by atoms with Gasteiger partial charge in [-0.25, -0.2) is 0 Å². The van der Waals surface area contributed by atoms with Gasteiger partial charge in [0.25, 0.3) is 0 Å². The fourth-order valence-electron chi connectivity index (χ4n) is 3.21. The summed E-state index contributed by atoms with van der Waals surface area (Å²) in [6, 6.07) is 13.5. The summed E-state index contributed by atoms with van der Waals surface area (Å²) in [7, 11) is 0. The maximum Gasteiger partial charge on any atom is 0.227 e. The number of fused-ring (bicyclic) bond motifs is 1. The minimum atomic E-state index is -0.229. The van der Waals surface area contributed by atoms with Crippen molar-refractivity contribution in [2.75, 3.05) is 5.73 Å². The van der Waals surface area contributed by atoms with Crippen LogP contribution in [0.25, 0.3) is 0 Å². The number of carbonyl (C=O) groups is 1. The van der Waals surface area contributed by atoms with Crippen LogP contribution in [0.4, 0.5) is 5.69 Å². The number of halogens is 1. The number of nitrogens with two attached hydrogens (primary N) is 1. The molecule has 0 bridgehead atoms. The van der Waals surface area contributed by atoms with Crippen molar-refractivity contribution in [3.63, 3.8) is 0 Å². The van der Waals surface area contributed by atoms with E-state index in [0.29, 0.717) is 5.02 Å². The van der Waals surface area contributed by atoms with E-state index >= 15 is 0 Å². The molecule has 1 aliphatic carbocycles. The lowest BCUT2D eigenvalue weighted by molar-refractivity contribution is -0.123. The van der Waals surface area contributed by atoms with Crippen LogP contribution < -0.4 is 11.1 Å². The van der Waals surface area contributed by atoms with Crippen LogP contribution in [-0.4, -0.2) is 5.91 Å². The molecule has 0 saturated carbocycles. The maximum absolute atomic E-state index is 12.6. The number of nitrogen functional groups attached to an aromatic ring is 1. The summed E-state index contributed by atoms with van der Waals surface area (Å²) in [5.41, 5.74) is 10.0. The Morgan fingerprint density at radius 3 is 2.91 bits per heavy atom. The summed E-state index contributed by atoms with van der Waals surface area (Å²) in [6.45, 7) is 1.91. The molecule has 120 valence electrons. The summed E-state index contributed by atoms with van der Waals surface area (Å²) in [6.07, 6.45) is 3.05. The number of rotatable bonds is 3. The van der Waals surface area contributed by atoms with Crippen LogP contribution in [0.1, 0.15) is 48.4 Å². The maximum atomic E-state index is 12.6. The van der Waals surface area contributed by atoms with Gasteiger partial charge in [0.05, 0.1) is 12.0 Å². The van der Waals surface area contributed by atoms with Gasteiger partial charge >= 0.3 is 0 Å². The monoisotopic (exact) mass is 328 g/mol. The first-order valence-corrected chi connectivity index (χ1v) is 8.36. The van der Waals surface area contributed by atoms with Gasteiger partial charge in [-0.15, -0.1) is 0 Å². The van der Waals surface area contributed by atoms with E-state index in [4.69, 9.17) is 17.3 Å². The predicted molar refractivity (Wildman–Crippen MR) is 94.5 cm³/mol. The Balaban J connectivity index is 1.76. The summed E-state index contributed by atoms with van der Waals surface area (Å²) in [5, 5.41) is 3.84. The van der Waals surface area contributed by atoms with Gasteiger partial charge in [-0.2, -0.15) is 0 Å². The van der Waals surface area contributed by atoms with Crippen molar-refractivity contribution < 1.29 is 4.79 Å². The Labute approximate surface area is 141 Å². The van der Waals surface area contributed by atoms with Crippen LogP contribution in [0.3, 0.4) is 0 Å². The standard InChI is InChI=1S/C19H21ClN2O/c1-12(13-4-2-6-15(20)10-13)19(23)22-18-7-3-5-14-11-16(21)8-9-17(14)18/h2,4,6,8-12,18H,3,5,7,21H2,1H3,(H,22,23). The van der Waals surface area contributed by atoms with Crippen LogP contribution in [0.2, 0.25) is 5.02 Å². The first-order chi connectivity index (χ1) is 11.0. The molecule has 1 amide bonds. The summed E-state index contributed by atoms with van der Waals surface area (Å²) >= 11 is 6.02. The van der Waals surface area contributed by atoms with E-state index in [2.05, 4.69) is 5.32 Å². The van der Waals surface area contributed by atoms with E-state index in [0.717, 1.165) is 30.5 Å². The second kappa shape index (κ2) is 6.63. The molecule has 3 N–H and O–H groups in total. The molecule has 0 fully saturated rings. The van der Waals surface area contributed by atoms with Crippen molar-refractivity contribution in [2.24, 2.45) is 0 Å². The number of anilines is 1. The zero-order valence-electron chi connectivity index (χ0n) is 13.2. The number of nitrogens with one attached hydrogen (secondary N) is 1. The average molecular weight is 329 g/mol. The third-order valence-electron chi connectivity index (χ3n) is 4.54. The lowest BCUT2D eigenvalue weighted by Crippen LogP contribution is -2.33. The van der Waals surface area contributed by atoms with Gasteiger partial charge in [-0.3, -0.25) is 4.79 Å². The van der Waals surface area contributed by atoms with Crippen LogP contribution in [0, 0.1) is 0 Å². The topological polar surface area (TPSA) is 55.1 Å². The highest BCUT2D eigenvalue weighted by molar-refractivity contribution is 6.30. The quantitative estimate of drug-likeness (QED) is 0.829. The summed E-state index contributed by atoms with van der Waals surface area (Å²) in [5.74, 6) is -0.199. The number of amides is 1. The fraction of sp³-hybridized carbons (Fsp3) is 0.316. The molecule has 4 heteroatoms. The highest BCUT2D eigenvalue weighted by Crippen LogP contribution is 2.31. The van der Waals surface area contributed by atoms with Gasteiger partial charge in [0.2, 0.25) is 5.91 Å². The smallest absolute Gasteiger partial charge is 0.227 e. The average Bonchev–Trinajstić information content (AvgIpc) is 2.54. The molecule has 23 heavy (non-hydrogen) atoms. The van der Waals surface area contributed by atoms with Crippen LogP contribution >= 0.6 is 11.6 Å². The summed E-state index contributed by atoms with van der Waals surface area (Å²) in [4.78, 5) is 12.6. The first-order valence-electron chi connectivity index (χ1n) is 7.99. The molecule has 3 rings (SSSR count). The lowest BCUT2D eigenvalue weighted by atomic mass is 9.87. The number of hydrogen-bond acceptors (Lipinski definition) is 2. The molecule has 3 nitrogen and oxygen atoms in total. The highest BCUT2D eigenvalue weighted by Gasteiger charge is 2.24. The van der Waals surface area contributed by atoms with Gasteiger partial charge in [0.1, 0.15) is 0 Å². The van der Waals surface area contributed by atoms with Crippen LogP contribution in [0.5, 0.6) is 0 Å². The van der Waals surface area contributed by atoms with Crippen molar-refractivity contribution in [3.05, 3.63) is 64.2 Å². The van der Waals surface area contributed by atoms with E-state index < -0.39 is 0 Å². The predicted octanol–water partition coefficient (Wildman–Crippen LogP) is 4.22. The van der Waals surface area contributed by atoms with E-state index in [9.17, 15) is 4.79 Å². The minimum Gasteiger partial charge on any atom is -0.399 e. The van der Waals surface area contributed by atoms with Crippen molar-refractivity contribution in [1.29, 1.82) is 0 Å². The minimum absolute atomic E-state index is 0.0296.